The minimum absolute atomic E-state index is 0.0293. The fraction of sp³-hybridized carbons (Fsp3) is 0.412. The lowest BCUT2D eigenvalue weighted by molar-refractivity contribution is 0.0548. The van der Waals surface area contributed by atoms with Gasteiger partial charge >= 0.3 is 0 Å². The number of para-hydroxylation sites is 1. The molecule has 1 amide bonds. The van der Waals surface area contributed by atoms with Gasteiger partial charge in [0.2, 0.25) is 5.89 Å². The van der Waals surface area contributed by atoms with Gasteiger partial charge in [0.1, 0.15) is 0 Å². The number of amides is 1. The summed E-state index contributed by atoms with van der Waals surface area (Å²) in [5, 5.41) is 11.9. The molecule has 25 heavy (non-hydrogen) atoms. The van der Waals surface area contributed by atoms with Crippen molar-refractivity contribution in [3.05, 3.63) is 41.7 Å². The first-order valence-corrected chi connectivity index (χ1v) is 8.40. The third-order valence-corrected chi connectivity index (χ3v) is 4.72. The summed E-state index contributed by atoms with van der Waals surface area (Å²) in [4.78, 5) is 21.2. The summed E-state index contributed by atoms with van der Waals surface area (Å²) < 4.78 is 5.26. The van der Waals surface area contributed by atoms with E-state index >= 15 is 0 Å². The van der Waals surface area contributed by atoms with Gasteiger partial charge in [0.25, 0.3) is 5.91 Å². The molecule has 3 aromatic rings. The fourth-order valence-corrected chi connectivity index (χ4v) is 3.23. The highest BCUT2D eigenvalue weighted by Crippen LogP contribution is 2.22. The van der Waals surface area contributed by atoms with Crippen molar-refractivity contribution in [3.63, 3.8) is 0 Å². The lowest BCUT2D eigenvalue weighted by Crippen LogP contribution is -2.49. The molecule has 1 fully saturated rings. The Hall–Kier alpha value is -2.74. The Bertz CT molecular complexity index is 893. The van der Waals surface area contributed by atoms with E-state index in [1.807, 2.05) is 43.0 Å². The third-order valence-electron chi connectivity index (χ3n) is 4.72. The number of aromatic amines is 1. The number of rotatable bonds is 3. The van der Waals surface area contributed by atoms with Crippen molar-refractivity contribution in [1.82, 2.24) is 30.1 Å². The number of aryl methyl sites for hydroxylation is 1. The van der Waals surface area contributed by atoms with Gasteiger partial charge in [-0.3, -0.25) is 14.8 Å². The van der Waals surface area contributed by atoms with Gasteiger partial charge in [0, 0.05) is 31.6 Å². The van der Waals surface area contributed by atoms with E-state index in [1.54, 1.807) is 0 Å². The van der Waals surface area contributed by atoms with E-state index in [1.165, 1.54) is 0 Å². The molecule has 1 aromatic carbocycles. The maximum atomic E-state index is 12.8. The van der Waals surface area contributed by atoms with Crippen molar-refractivity contribution < 1.29 is 9.32 Å². The molecule has 3 heterocycles. The van der Waals surface area contributed by atoms with Crippen molar-refractivity contribution in [2.75, 3.05) is 26.2 Å². The molecule has 8 heteroatoms. The third kappa shape index (κ3) is 2.89. The largest absolute Gasteiger partial charge is 0.338 e. The van der Waals surface area contributed by atoms with Gasteiger partial charge in [0.05, 0.1) is 11.6 Å². The standard InChI is InChI=1S/C17H20N6O2/c1-11(16-18-12(2)21-25-16)22-7-9-23(10-8-22)17(24)15-13-5-3-4-6-14(13)19-20-15/h3-6,11H,7-10H2,1-2H3,(H,19,20)/t11-/m1/s1. The molecule has 1 saturated heterocycles. The van der Waals surface area contributed by atoms with Crippen LogP contribution in [-0.4, -0.2) is 62.2 Å². The minimum atomic E-state index is -0.0293. The van der Waals surface area contributed by atoms with E-state index in [2.05, 4.69) is 25.2 Å². The lowest BCUT2D eigenvalue weighted by Gasteiger charge is -2.36. The minimum Gasteiger partial charge on any atom is -0.338 e. The molecule has 4 rings (SSSR count). The number of hydrogen-bond donors (Lipinski definition) is 1. The number of fused-ring (bicyclic) bond motifs is 1. The van der Waals surface area contributed by atoms with E-state index < -0.39 is 0 Å². The second kappa shape index (κ2) is 6.29. The number of piperazine rings is 1. The van der Waals surface area contributed by atoms with Crippen LogP contribution in [0.3, 0.4) is 0 Å². The number of hydrogen-bond acceptors (Lipinski definition) is 6. The fourth-order valence-electron chi connectivity index (χ4n) is 3.23. The van der Waals surface area contributed by atoms with E-state index in [0.29, 0.717) is 30.5 Å². The second-order valence-electron chi connectivity index (χ2n) is 6.30. The van der Waals surface area contributed by atoms with Crippen LogP contribution >= 0.6 is 0 Å². The summed E-state index contributed by atoms with van der Waals surface area (Å²) >= 11 is 0. The summed E-state index contributed by atoms with van der Waals surface area (Å²) in [6, 6.07) is 7.73. The van der Waals surface area contributed by atoms with Crippen LogP contribution in [0.1, 0.15) is 35.2 Å². The van der Waals surface area contributed by atoms with Gasteiger partial charge in [-0.15, -0.1) is 0 Å². The van der Waals surface area contributed by atoms with Crippen LogP contribution < -0.4 is 0 Å². The molecule has 1 atom stereocenters. The topological polar surface area (TPSA) is 91.2 Å². The SMILES string of the molecule is Cc1noc([C@@H](C)N2CCN(C(=O)c3n[nH]c4ccccc34)CC2)n1. The Morgan fingerprint density at radius 1 is 1.24 bits per heavy atom. The van der Waals surface area contributed by atoms with Crippen molar-refractivity contribution in [2.45, 2.75) is 19.9 Å². The maximum Gasteiger partial charge on any atom is 0.275 e. The second-order valence-corrected chi connectivity index (χ2v) is 6.30. The highest BCUT2D eigenvalue weighted by Gasteiger charge is 2.29. The van der Waals surface area contributed by atoms with Gasteiger partial charge in [0.15, 0.2) is 11.5 Å². The summed E-state index contributed by atoms with van der Waals surface area (Å²) in [6.45, 7) is 6.68. The van der Waals surface area contributed by atoms with E-state index in [-0.39, 0.29) is 11.9 Å². The van der Waals surface area contributed by atoms with Gasteiger partial charge in [-0.2, -0.15) is 10.1 Å². The molecule has 0 unspecified atom stereocenters. The van der Waals surface area contributed by atoms with Gasteiger partial charge < -0.3 is 9.42 Å². The summed E-state index contributed by atoms with van der Waals surface area (Å²) in [7, 11) is 0. The Labute approximate surface area is 144 Å². The molecule has 1 N–H and O–H groups in total. The van der Waals surface area contributed by atoms with Crippen molar-refractivity contribution in [2.24, 2.45) is 0 Å². The zero-order valence-corrected chi connectivity index (χ0v) is 14.3. The first-order chi connectivity index (χ1) is 12.1. The van der Waals surface area contributed by atoms with Crippen LogP contribution in [-0.2, 0) is 0 Å². The number of aromatic nitrogens is 4. The molecule has 1 aliphatic rings. The zero-order chi connectivity index (χ0) is 17.4. The molecule has 130 valence electrons. The van der Waals surface area contributed by atoms with Crippen molar-refractivity contribution in [3.8, 4) is 0 Å². The number of H-pyrrole nitrogens is 1. The van der Waals surface area contributed by atoms with Crippen LogP contribution in [0.5, 0.6) is 0 Å². The van der Waals surface area contributed by atoms with Crippen LogP contribution in [0.2, 0.25) is 0 Å². The first kappa shape index (κ1) is 15.8. The van der Waals surface area contributed by atoms with Crippen LogP contribution in [0, 0.1) is 6.92 Å². The molecule has 1 aliphatic heterocycles. The highest BCUT2D eigenvalue weighted by atomic mass is 16.5. The molecule has 0 spiro atoms. The maximum absolute atomic E-state index is 12.8. The van der Waals surface area contributed by atoms with Crippen molar-refractivity contribution in [1.29, 1.82) is 0 Å². The molecule has 0 saturated carbocycles. The molecule has 0 radical (unpaired) electrons. The lowest BCUT2D eigenvalue weighted by atomic mass is 10.1. The monoisotopic (exact) mass is 340 g/mol. The average Bonchev–Trinajstić information content (AvgIpc) is 3.27. The van der Waals surface area contributed by atoms with E-state index in [4.69, 9.17) is 4.52 Å². The Balaban J connectivity index is 1.44. The predicted octanol–water partition coefficient (Wildman–Crippen LogP) is 1.77. The summed E-state index contributed by atoms with van der Waals surface area (Å²) in [5.74, 6) is 1.23. The smallest absolute Gasteiger partial charge is 0.275 e. The Morgan fingerprint density at radius 2 is 2.00 bits per heavy atom. The molecule has 2 aromatic heterocycles. The average molecular weight is 340 g/mol. The molecule has 8 nitrogen and oxygen atoms in total. The number of carbonyl (C=O) groups excluding carboxylic acids is 1. The molecular formula is C17H20N6O2. The Kier molecular flexibility index (Phi) is 3.96. The first-order valence-electron chi connectivity index (χ1n) is 8.40. The van der Waals surface area contributed by atoms with Gasteiger partial charge in [-0.05, 0) is 19.9 Å². The van der Waals surface area contributed by atoms with Gasteiger partial charge in [-0.25, -0.2) is 0 Å². The van der Waals surface area contributed by atoms with Crippen LogP contribution in [0.15, 0.2) is 28.8 Å². The number of carbonyl (C=O) groups is 1. The van der Waals surface area contributed by atoms with E-state index in [9.17, 15) is 4.79 Å². The molecule has 0 aliphatic carbocycles. The van der Waals surface area contributed by atoms with Crippen LogP contribution in [0.4, 0.5) is 0 Å². The molecule has 0 bridgehead atoms. The number of nitrogens with one attached hydrogen (secondary N) is 1. The quantitative estimate of drug-likeness (QED) is 0.781. The number of benzene rings is 1. The normalized spacial score (nSPS) is 17.1. The summed E-state index contributed by atoms with van der Waals surface area (Å²) in [5.41, 5.74) is 1.37. The van der Waals surface area contributed by atoms with Crippen molar-refractivity contribution >= 4 is 16.8 Å². The predicted molar refractivity (Wildman–Crippen MR) is 91.0 cm³/mol. The Morgan fingerprint density at radius 3 is 2.72 bits per heavy atom. The highest BCUT2D eigenvalue weighted by molar-refractivity contribution is 6.04. The number of nitrogens with zero attached hydrogens (tertiary/aromatic N) is 5. The summed E-state index contributed by atoms with van der Waals surface area (Å²) in [6.07, 6.45) is 0. The van der Waals surface area contributed by atoms with E-state index in [0.717, 1.165) is 24.0 Å². The van der Waals surface area contributed by atoms with Gasteiger partial charge in [-0.1, -0.05) is 23.4 Å². The molecular weight excluding hydrogens is 320 g/mol. The van der Waals surface area contributed by atoms with Crippen LogP contribution in [0.25, 0.3) is 10.9 Å². The zero-order valence-electron chi connectivity index (χ0n) is 14.3.